The summed E-state index contributed by atoms with van der Waals surface area (Å²) in [6, 6.07) is 0.526. The summed E-state index contributed by atoms with van der Waals surface area (Å²) >= 11 is 1.80. The number of hydrogen-bond acceptors (Lipinski definition) is 5. The van der Waals surface area contributed by atoms with Crippen LogP contribution in [0.2, 0.25) is 0 Å². The van der Waals surface area contributed by atoms with Crippen molar-refractivity contribution >= 4 is 16.5 Å². The number of rotatable bonds is 10. The summed E-state index contributed by atoms with van der Waals surface area (Å²) in [6.45, 7) is 12.4. The quantitative estimate of drug-likeness (QED) is 0.672. The first-order valence-corrected chi connectivity index (χ1v) is 8.44. The van der Waals surface area contributed by atoms with Crippen molar-refractivity contribution in [2.45, 2.75) is 59.7 Å². The van der Waals surface area contributed by atoms with Crippen molar-refractivity contribution in [3.05, 3.63) is 10.6 Å². The molecule has 0 radical (unpaired) electrons. The molecule has 1 unspecified atom stereocenters. The largest absolute Gasteiger partial charge is 0.378 e. The molecule has 0 aliphatic heterocycles. The van der Waals surface area contributed by atoms with E-state index in [-0.39, 0.29) is 0 Å². The third-order valence-electron chi connectivity index (χ3n) is 3.47. The van der Waals surface area contributed by atoms with E-state index >= 15 is 0 Å². The Morgan fingerprint density at radius 1 is 1.35 bits per heavy atom. The number of ether oxygens (including phenoxy) is 1. The van der Waals surface area contributed by atoms with Crippen molar-refractivity contribution in [2.24, 2.45) is 0 Å². The first-order chi connectivity index (χ1) is 9.67. The Morgan fingerprint density at radius 2 is 2.10 bits per heavy atom. The topological polar surface area (TPSA) is 37.4 Å². The summed E-state index contributed by atoms with van der Waals surface area (Å²) in [5.74, 6) is 0. The Balaban J connectivity index is 2.88. The molecule has 20 heavy (non-hydrogen) atoms. The summed E-state index contributed by atoms with van der Waals surface area (Å²) in [7, 11) is 1.73. The van der Waals surface area contributed by atoms with Gasteiger partial charge in [-0.15, -0.1) is 11.3 Å². The van der Waals surface area contributed by atoms with Crippen LogP contribution in [0.4, 0.5) is 5.13 Å². The van der Waals surface area contributed by atoms with Gasteiger partial charge in [0, 0.05) is 31.1 Å². The highest BCUT2D eigenvalue weighted by atomic mass is 32.1. The molecule has 116 valence electrons. The maximum Gasteiger partial charge on any atom is 0.186 e. The molecule has 5 heteroatoms. The van der Waals surface area contributed by atoms with Crippen LogP contribution in [-0.4, -0.2) is 31.2 Å². The lowest BCUT2D eigenvalue weighted by molar-refractivity contribution is 0.181. The molecule has 1 aromatic heterocycles. The van der Waals surface area contributed by atoms with Gasteiger partial charge in [0.15, 0.2) is 5.13 Å². The molecule has 1 rings (SSSR count). The zero-order chi connectivity index (χ0) is 15.0. The fraction of sp³-hybridized carbons (Fsp3) is 0.800. The van der Waals surface area contributed by atoms with Crippen LogP contribution in [0, 0.1) is 0 Å². The fourth-order valence-electron chi connectivity index (χ4n) is 2.11. The van der Waals surface area contributed by atoms with E-state index in [1.807, 2.05) is 0 Å². The van der Waals surface area contributed by atoms with Crippen LogP contribution >= 0.6 is 11.3 Å². The number of aromatic nitrogens is 1. The molecule has 0 spiro atoms. The maximum atomic E-state index is 5.29. The molecule has 0 aliphatic carbocycles. The molecule has 1 aromatic rings. The number of hydrogen-bond donors (Lipinski definition) is 1. The highest BCUT2D eigenvalue weighted by molar-refractivity contribution is 7.15. The SMILES string of the molecule is CCCNCc1sc(N(CC)C(C)CC)nc1COC. The highest BCUT2D eigenvalue weighted by Gasteiger charge is 2.18. The monoisotopic (exact) mass is 299 g/mol. The Bertz CT molecular complexity index is 381. The molecule has 0 bridgehead atoms. The van der Waals surface area contributed by atoms with Crippen molar-refractivity contribution in [3.8, 4) is 0 Å². The Labute approximate surface area is 127 Å². The predicted molar refractivity (Wildman–Crippen MR) is 87.6 cm³/mol. The van der Waals surface area contributed by atoms with E-state index in [2.05, 4.69) is 37.9 Å². The van der Waals surface area contributed by atoms with Crippen molar-refractivity contribution in [1.29, 1.82) is 0 Å². The van der Waals surface area contributed by atoms with Crippen LogP contribution in [-0.2, 0) is 17.9 Å². The first kappa shape index (κ1) is 17.4. The van der Waals surface area contributed by atoms with Crippen LogP contribution in [0.15, 0.2) is 0 Å². The number of thiazole rings is 1. The van der Waals surface area contributed by atoms with Crippen LogP contribution in [0.3, 0.4) is 0 Å². The zero-order valence-electron chi connectivity index (χ0n) is 13.5. The van der Waals surface area contributed by atoms with Gasteiger partial charge in [-0.2, -0.15) is 0 Å². The molecule has 1 heterocycles. The number of anilines is 1. The van der Waals surface area contributed by atoms with Crippen LogP contribution in [0.1, 0.15) is 51.1 Å². The van der Waals surface area contributed by atoms with Gasteiger partial charge in [0.05, 0.1) is 12.3 Å². The summed E-state index contributed by atoms with van der Waals surface area (Å²) in [4.78, 5) is 8.48. The van der Waals surface area contributed by atoms with Gasteiger partial charge in [-0.25, -0.2) is 4.98 Å². The zero-order valence-corrected chi connectivity index (χ0v) is 14.3. The third kappa shape index (κ3) is 4.72. The van der Waals surface area contributed by atoms with E-state index in [1.165, 1.54) is 4.88 Å². The average Bonchev–Trinajstić information content (AvgIpc) is 2.83. The second kappa shape index (κ2) is 9.32. The number of nitrogens with zero attached hydrogens (tertiary/aromatic N) is 2. The summed E-state index contributed by atoms with van der Waals surface area (Å²) in [5, 5.41) is 4.59. The number of methoxy groups -OCH3 is 1. The van der Waals surface area contributed by atoms with Gasteiger partial charge in [0.1, 0.15) is 0 Å². The van der Waals surface area contributed by atoms with Gasteiger partial charge in [0.2, 0.25) is 0 Å². The second-order valence-corrected chi connectivity index (χ2v) is 6.08. The molecule has 0 amide bonds. The lowest BCUT2D eigenvalue weighted by Crippen LogP contribution is -2.32. The lowest BCUT2D eigenvalue weighted by atomic mass is 10.2. The van der Waals surface area contributed by atoms with Gasteiger partial charge in [0.25, 0.3) is 0 Å². The van der Waals surface area contributed by atoms with Crippen molar-refractivity contribution in [3.63, 3.8) is 0 Å². The molecule has 0 saturated carbocycles. The predicted octanol–water partition coefficient (Wildman–Crippen LogP) is 3.41. The van der Waals surface area contributed by atoms with E-state index < -0.39 is 0 Å². The van der Waals surface area contributed by atoms with Gasteiger partial charge in [-0.3, -0.25) is 0 Å². The van der Waals surface area contributed by atoms with E-state index in [9.17, 15) is 0 Å². The van der Waals surface area contributed by atoms with E-state index in [4.69, 9.17) is 9.72 Å². The van der Waals surface area contributed by atoms with E-state index in [0.29, 0.717) is 12.6 Å². The summed E-state index contributed by atoms with van der Waals surface area (Å²) in [5.41, 5.74) is 1.08. The van der Waals surface area contributed by atoms with Crippen LogP contribution in [0.5, 0.6) is 0 Å². The Hall–Kier alpha value is -0.650. The van der Waals surface area contributed by atoms with Gasteiger partial charge >= 0.3 is 0 Å². The molecule has 0 saturated heterocycles. The Kier molecular flexibility index (Phi) is 8.11. The van der Waals surface area contributed by atoms with Crippen LogP contribution < -0.4 is 10.2 Å². The fourth-order valence-corrected chi connectivity index (χ4v) is 3.31. The highest BCUT2D eigenvalue weighted by Crippen LogP contribution is 2.28. The van der Waals surface area contributed by atoms with Crippen molar-refractivity contribution in [2.75, 3.05) is 25.1 Å². The molecular weight excluding hydrogens is 270 g/mol. The smallest absolute Gasteiger partial charge is 0.186 e. The van der Waals surface area contributed by atoms with Gasteiger partial charge < -0.3 is 15.0 Å². The lowest BCUT2D eigenvalue weighted by Gasteiger charge is -2.26. The molecule has 0 fully saturated rings. The van der Waals surface area contributed by atoms with Crippen molar-refractivity contribution in [1.82, 2.24) is 10.3 Å². The molecule has 0 aromatic carbocycles. The minimum absolute atomic E-state index is 0.526. The van der Waals surface area contributed by atoms with E-state index in [1.54, 1.807) is 18.4 Å². The van der Waals surface area contributed by atoms with E-state index in [0.717, 1.165) is 43.3 Å². The molecular formula is C15H29N3OS. The molecule has 1 atom stereocenters. The van der Waals surface area contributed by atoms with Crippen LogP contribution in [0.25, 0.3) is 0 Å². The first-order valence-electron chi connectivity index (χ1n) is 7.62. The maximum absolute atomic E-state index is 5.29. The second-order valence-electron chi connectivity index (χ2n) is 5.02. The minimum atomic E-state index is 0.526. The number of nitrogens with one attached hydrogen (secondary N) is 1. The molecule has 0 aliphatic rings. The summed E-state index contributed by atoms with van der Waals surface area (Å²) < 4.78 is 5.29. The molecule has 4 nitrogen and oxygen atoms in total. The average molecular weight is 299 g/mol. The molecule has 1 N–H and O–H groups in total. The third-order valence-corrected chi connectivity index (χ3v) is 4.60. The Morgan fingerprint density at radius 3 is 2.65 bits per heavy atom. The van der Waals surface area contributed by atoms with Gasteiger partial charge in [-0.1, -0.05) is 13.8 Å². The minimum Gasteiger partial charge on any atom is -0.378 e. The van der Waals surface area contributed by atoms with Crippen molar-refractivity contribution < 1.29 is 4.74 Å². The van der Waals surface area contributed by atoms with Gasteiger partial charge in [-0.05, 0) is 33.2 Å². The normalized spacial score (nSPS) is 12.7. The standard InChI is InChI=1S/C15H29N3OS/c1-6-9-16-10-14-13(11-19-5)17-15(20-14)18(8-3)12(4)7-2/h12,16H,6-11H2,1-5H3. The summed E-state index contributed by atoms with van der Waals surface area (Å²) in [6.07, 6.45) is 2.29.